The molecule has 6 nitrogen and oxygen atoms in total. The molecule has 0 saturated carbocycles. The summed E-state index contributed by atoms with van der Waals surface area (Å²) in [6.07, 6.45) is 6.10. The lowest BCUT2D eigenvalue weighted by Crippen LogP contribution is -2.33. The van der Waals surface area contributed by atoms with Gasteiger partial charge in [-0.3, -0.25) is 4.90 Å². The predicted molar refractivity (Wildman–Crippen MR) is 89.9 cm³/mol. The summed E-state index contributed by atoms with van der Waals surface area (Å²) in [7, 11) is 1.78. The first-order valence-corrected chi connectivity index (χ1v) is 8.49. The minimum absolute atomic E-state index is 0.507. The molecular formula is C15H22BrN5O. The van der Waals surface area contributed by atoms with E-state index in [1.54, 1.807) is 7.11 Å². The van der Waals surface area contributed by atoms with Crippen molar-refractivity contribution in [1.82, 2.24) is 19.5 Å². The third kappa shape index (κ3) is 3.11. The van der Waals surface area contributed by atoms with E-state index in [9.17, 15) is 0 Å². The van der Waals surface area contributed by atoms with Crippen LogP contribution in [0.1, 0.15) is 25.0 Å². The van der Waals surface area contributed by atoms with Gasteiger partial charge in [0.25, 0.3) is 0 Å². The first-order chi connectivity index (χ1) is 10.7. The number of methoxy groups -OCH3 is 1. The summed E-state index contributed by atoms with van der Waals surface area (Å²) in [5.41, 5.74) is 7.95. The Kier molecular flexibility index (Phi) is 4.95. The highest BCUT2D eigenvalue weighted by molar-refractivity contribution is 9.10. The molecule has 1 saturated heterocycles. The number of aromatic nitrogens is 3. The van der Waals surface area contributed by atoms with Crippen LogP contribution in [-0.4, -0.2) is 52.3 Å². The van der Waals surface area contributed by atoms with Gasteiger partial charge in [-0.25, -0.2) is 9.50 Å². The molecule has 0 aliphatic carbocycles. The van der Waals surface area contributed by atoms with Gasteiger partial charge in [-0.05, 0) is 60.8 Å². The Morgan fingerprint density at radius 1 is 1.50 bits per heavy atom. The molecule has 0 aromatic carbocycles. The van der Waals surface area contributed by atoms with Crippen LogP contribution in [-0.2, 0) is 11.2 Å². The van der Waals surface area contributed by atoms with Gasteiger partial charge in [-0.1, -0.05) is 0 Å². The van der Waals surface area contributed by atoms with Crippen LogP contribution < -0.4 is 5.73 Å². The second-order valence-electron chi connectivity index (χ2n) is 5.78. The highest BCUT2D eigenvalue weighted by Crippen LogP contribution is 2.26. The molecule has 7 heteroatoms. The van der Waals surface area contributed by atoms with Gasteiger partial charge in [-0.15, -0.1) is 0 Å². The van der Waals surface area contributed by atoms with Crippen LogP contribution in [0.2, 0.25) is 0 Å². The number of hydrogen-bond acceptors (Lipinski definition) is 5. The summed E-state index contributed by atoms with van der Waals surface area (Å²) in [5.74, 6) is 0.507. The van der Waals surface area contributed by atoms with Crippen LogP contribution >= 0.6 is 15.9 Å². The maximum Gasteiger partial charge on any atom is 0.152 e. The van der Waals surface area contributed by atoms with Crippen LogP contribution in [0, 0.1) is 0 Å². The molecule has 1 fully saturated rings. The minimum atomic E-state index is 0.507. The summed E-state index contributed by atoms with van der Waals surface area (Å²) in [6.45, 7) is 3.12. The molecule has 0 unspecified atom stereocenters. The molecule has 2 aromatic heterocycles. The highest BCUT2D eigenvalue weighted by atomic mass is 79.9. The summed E-state index contributed by atoms with van der Waals surface area (Å²) >= 11 is 3.55. The number of nitrogens with two attached hydrogens (primary N) is 1. The molecular weight excluding hydrogens is 346 g/mol. The Hall–Kier alpha value is -1.18. The number of aryl methyl sites for hydroxylation is 1. The van der Waals surface area contributed by atoms with Gasteiger partial charge in [0, 0.05) is 23.3 Å². The highest BCUT2D eigenvalue weighted by Gasteiger charge is 2.23. The van der Waals surface area contributed by atoms with Crippen molar-refractivity contribution in [3.05, 3.63) is 22.6 Å². The summed E-state index contributed by atoms with van der Waals surface area (Å²) in [6, 6.07) is 2.68. The Balaban J connectivity index is 1.64. The van der Waals surface area contributed by atoms with Crippen molar-refractivity contribution in [2.75, 3.05) is 32.5 Å². The topological polar surface area (TPSA) is 68.7 Å². The number of ether oxygens (including phenoxy) is 1. The molecule has 3 heterocycles. The van der Waals surface area contributed by atoms with Gasteiger partial charge in [0.15, 0.2) is 5.82 Å². The quantitative estimate of drug-likeness (QED) is 0.846. The van der Waals surface area contributed by atoms with E-state index in [4.69, 9.17) is 10.5 Å². The minimum Gasteiger partial charge on any atom is -0.383 e. The van der Waals surface area contributed by atoms with Gasteiger partial charge in [0.1, 0.15) is 11.8 Å². The van der Waals surface area contributed by atoms with E-state index in [0.717, 1.165) is 36.0 Å². The number of likely N-dealkylation sites (tertiary alicyclic amines) is 1. The van der Waals surface area contributed by atoms with Crippen LogP contribution in [0.15, 0.2) is 16.9 Å². The van der Waals surface area contributed by atoms with Gasteiger partial charge in [-0.2, -0.15) is 5.10 Å². The Bertz CT molecular complexity index is 644. The van der Waals surface area contributed by atoms with Crippen molar-refractivity contribution in [2.45, 2.75) is 31.7 Å². The van der Waals surface area contributed by atoms with Crippen LogP contribution in [0.25, 0.3) is 5.52 Å². The maximum absolute atomic E-state index is 5.93. The summed E-state index contributed by atoms with van der Waals surface area (Å²) < 4.78 is 8.16. The second kappa shape index (κ2) is 6.93. The average Bonchev–Trinajstić information content (AvgIpc) is 3.06. The van der Waals surface area contributed by atoms with E-state index >= 15 is 0 Å². The zero-order valence-corrected chi connectivity index (χ0v) is 14.4. The second-order valence-corrected chi connectivity index (χ2v) is 6.63. The fourth-order valence-corrected chi connectivity index (χ4v) is 3.93. The fourth-order valence-electron chi connectivity index (χ4n) is 3.30. The van der Waals surface area contributed by atoms with Gasteiger partial charge in [0.2, 0.25) is 0 Å². The van der Waals surface area contributed by atoms with E-state index < -0.39 is 0 Å². The number of halogens is 1. The first kappa shape index (κ1) is 15.7. The number of anilines is 1. The molecule has 1 aliphatic rings. The normalized spacial score (nSPS) is 19.3. The van der Waals surface area contributed by atoms with Gasteiger partial charge >= 0.3 is 0 Å². The summed E-state index contributed by atoms with van der Waals surface area (Å²) in [4.78, 5) is 6.59. The van der Waals surface area contributed by atoms with Crippen LogP contribution in [0.5, 0.6) is 0 Å². The molecule has 0 spiro atoms. The number of nitrogens with zero attached hydrogens (tertiary/aromatic N) is 4. The van der Waals surface area contributed by atoms with E-state index in [1.165, 1.54) is 31.4 Å². The third-order valence-electron chi connectivity index (χ3n) is 4.35. The van der Waals surface area contributed by atoms with Crippen molar-refractivity contribution in [1.29, 1.82) is 0 Å². The Labute approximate surface area is 138 Å². The Morgan fingerprint density at radius 3 is 3.18 bits per heavy atom. The molecule has 22 heavy (non-hydrogen) atoms. The predicted octanol–water partition coefficient (Wildman–Crippen LogP) is 2.12. The fraction of sp³-hybridized carbons (Fsp3) is 0.600. The number of rotatable bonds is 6. The molecule has 1 atom stereocenters. The van der Waals surface area contributed by atoms with E-state index in [0.29, 0.717) is 11.9 Å². The van der Waals surface area contributed by atoms with Crippen molar-refractivity contribution in [3.63, 3.8) is 0 Å². The lowest BCUT2D eigenvalue weighted by atomic mass is 10.2. The third-order valence-corrected chi connectivity index (χ3v) is 4.95. The smallest absolute Gasteiger partial charge is 0.152 e. The van der Waals surface area contributed by atoms with Crippen LogP contribution in [0.4, 0.5) is 5.82 Å². The molecule has 120 valence electrons. The van der Waals surface area contributed by atoms with Crippen LogP contribution in [0.3, 0.4) is 0 Å². The molecule has 3 rings (SSSR count). The molecule has 0 amide bonds. The van der Waals surface area contributed by atoms with Crippen molar-refractivity contribution >= 4 is 27.3 Å². The molecule has 1 aliphatic heterocycles. The average molecular weight is 368 g/mol. The largest absolute Gasteiger partial charge is 0.383 e. The van der Waals surface area contributed by atoms with Crippen molar-refractivity contribution in [2.24, 2.45) is 0 Å². The number of nitrogen functional groups attached to an aromatic ring is 1. The molecule has 2 aromatic rings. The maximum atomic E-state index is 5.93. The van der Waals surface area contributed by atoms with Gasteiger partial charge in [0.05, 0.1) is 6.61 Å². The molecule has 0 bridgehead atoms. The van der Waals surface area contributed by atoms with E-state index in [-0.39, 0.29) is 0 Å². The first-order valence-electron chi connectivity index (χ1n) is 7.70. The number of fused-ring (bicyclic) bond motifs is 1. The van der Waals surface area contributed by atoms with Gasteiger partial charge < -0.3 is 10.5 Å². The van der Waals surface area contributed by atoms with E-state index in [1.807, 2.05) is 4.52 Å². The zero-order valence-electron chi connectivity index (χ0n) is 12.8. The summed E-state index contributed by atoms with van der Waals surface area (Å²) in [5, 5.41) is 4.32. The van der Waals surface area contributed by atoms with Crippen molar-refractivity contribution < 1.29 is 4.74 Å². The molecule has 2 N–H and O–H groups in total. The van der Waals surface area contributed by atoms with E-state index in [2.05, 4.69) is 37.0 Å². The SMILES string of the molecule is COC[C@@H]1CCCN1CCCc1cc(Br)c2c(N)ncnn12. The standard InChI is InChI=1S/C15H22BrN5O/c1-22-9-12-5-3-7-20(12)6-2-4-11-8-13(16)14-15(17)18-10-19-21(11)14/h8,10,12H,2-7,9H2,1H3,(H2,17,18,19)/t12-/m0/s1. The number of hydrogen-bond donors (Lipinski definition) is 1. The zero-order chi connectivity index (χ0) is 15.5. The molecule has 0 radical (unpaired) electrons. The lowest BCUT2D eigenvalue weighted by Gasteiger charge is -2.23. The lowest BCUT2D eigenvalue weighted by molar-refractivity contribution is 0.115. The van der Waals surface area contributed by atoms with Crippen molar-refractivity contribution in [3.8, 4) is 0 Å². The monoisotopic (exact) mass is 367 g/mol. The Morgan fingerprint density at radius 2 is 2.36 bits per heavy atom.